The van der Waals surface area contributed by atoms with Crippen LogP contribution in [0, 0.1) is 6.92 Å². The minimum Gasteiger partial charge on any atom is -0.373 e. The quantitative estimate of drug-likeness (QED) is 0.904. The van der Waals surface area contributed by atoms with Gasteiger partial charge in [0.05, 0.1) is 5.01 Å². The van der Waals surface area contributed by atoms with Crippen LogP contribution in [0.4, 0.5) is 5.82 Å². The molecule has 0 spiro atoms. The SMILES string of the molecule is CCCc1cc(NC)nc(-c2csc(C)n2)n1. The van der Waals surface area contributed by atoms with E-state index in [9.17, 15) is 0 Å². The first-order valence-electron chi connectivity index (χ1n) is 5.71. The number of anilines is 1. The summed E-state index contributed by atoms with van der Waals surface area (Å²) in [4.78, 5) is 13.4. The molecule has 0 bridgehead atoms. The predicted molar refractivity (Wildman–Crippen MR) is 71.4 cm³/mol. The van der Waals surface area contributed by atoms with Gasteiger partial charge >= 0.3 is 0 Å². The van der Waals surface area contributed by atoms with Crippen LogP contribution in [0.1, 0.15) is 24.0 Å². The summed E-state index contributed by atoms with van der Waals surface area (Å²) in [6.07, 6.45) is 2.04. The first kappa shape index (κ1) is 12.0. The fraction of sp³-hybridized carbons (Fsp3) is 0.417. The fourth-order valence-corrected chi connectivity index (χ4v) is 2.18. The molecule has 1 N–H and O–H groups in total. The smallest absolute Gasteiger partial charge is 0.181 e. The zero-order chi connectivity index (χ0) is 12.3. The molecule has 4 nitrogen and oxygen atoms in total. The predicted octanol–water partition coefficient (Wildman–Crippen LogP) is 2.90. The van der Waals surface area contributed by atoms with Crippen molar-refractivity contribution in [3.05, 3.63) is 22.1 Å². The molecule has 5 heteroatoms. The summed E-state index contributed by atoms with van der Waals surface area (Å²) in [5.41, 5.74) is 1.93. The molecule has 2 rings (SSSR count). The highest BCUT2D eigenvalue weighted by atomic mass is 32.1. The summed E-state index contributed by atoms with van der Waals surface area (Å²) >= 11 is 1.62. The number of aromatic nitrogens is 3. The zero-order valence-electron chi connectivity index (χ0n) is 10.3. The molecule has 0 fully saturated rings. The molecule has 0 radical (unpaired) electrons. The molecule has 90 valence electrons. The highest BCUT2D eigenvalue weighted by molar-refractivity contribution is 7.09. The Morgan fingerprint density at radius 3 is 2.71 bits per heavy atom. The van der Waals surface area contributed by atoms with Gasteiger partial charge in [-0.15, -0.1) is 11.3 Å². The van der Waals surface area contributed by atoms with Gasteiger partial charge < -0.3 is 5.32 Å². The maximum atomic E-state index is 4.55. The molecule has 0 amide bonds. The Balaban J connectivity index is 2.42. The summed E-state index contributed by atoms with van der Waals surface area (Å²) in [6, 6.07) is 1.99. The average Bonchev–Trinajstić information content (AvgIpc) is 2.76. The van der Waals surface area contributed by atoms with Crippen molar-refractivity contribution in [1.29, 1.82) is 0 Å². The molecule has 17 heavy (non-hydrogen) atoms. The molecule has 0 atom stereocenters. The topological polar surface area (TPSA) is 50.7 Å². The van der Waals surface area contributed by atoms with Crippen LogP contribution in [0.5, 0.6) is 0 Å². The molecular weight excluding hydrogens is 232 g/mol. The Bertz CT molecular complexity index is 507. The van der Waals surface area contributed by atoms with Crippen LogP contribution in [0.2, 0.25) is 0 Å². The van der Waals surface area contributed by atoms with Gasteiger partial charge in [-0.2, -0.15) is 0 Å². The summed E-state index contributed by atoms with van der Waals surface area (Å²) in [5, 5.41) is 6.10. The van der Waals surface area contributed by atoms with Crippen LogP contribution in [0.3, 0.4) is 0 Å². The molecule has 0 aliphatic rings. The van der Waals surface area contributed by atoms with E-state index in [2.05, 4.69) is 27.2 Å². The third kappa shape index (κ3) is 2.79. The summed E-state index contributed by atoms with van der Waals surface area (Å²) in [5.74, 6) is 1.56. The van der Waals surface area contributed by atoms with E-state index in [1.54, 1.807) is 11.3 Å². The first-order valence-corrected chi connectivity index (χ1v) is 6.59. The van der Waals surface area contributed by atoms with E-state index in [4.69, 9.17) is 0 Å². The number of hydrogen-bond acceptors (Lipinski definition) is 5. The average molecular weight is 248 g/mol. The molecule has 0 aliphatic carbocycles. The standard InChI is InChI=1S/C12H16N4S/c1-4-5-9-6-11(13-3)16-12(15-9)10-7-17-8(2)14-10/h6-7H,4-5H2,1-3H3,(H,13,15,16). The van der Waals surface area contributed by atoms with Crippen LogP contribution in [-0.2, 0) is 6.42 Å². The van der Waals surface area contributed by atoms with Gasteiger partial charge in [0.2, 0.25) is 0 Å². The number of nitrogens with zero attached hydrogens (tertiary/aromatic N) is 3. The number of nitrogens with one attached hydrogen (secondary N) is 1. The lowest BCUT2D eigenvalue weighted by molar-refractivity contribution is 0.875. The van der Waals surface area contributed by atoms with E-state index < -0.39 is 0 Å². The molecule has 2 aromatic rings. The van der Waals surface area contributed by atoms with Crippen molar-refractivity contribution in [3.63, 3.8) is 0 Å². The number of hydrogen-bond donors (Lipinski definition) is 1. The van der Waals surface area contributed by atoms with Crippen molar-refractivity contribution in [2.24, 2.45) is 0 Å². The van der Waals surface area contributed by atoms with E-state index in [0.717, 1.165) is 35.1 Å². The zero-order valence-corrected chi connectivity index (χ0v) is 11.1. The van der Waals surface area contributed by atoms with Crippen LogP contribution >= 0.6 is 11.3 Å². The molecule has 0 unspecified atom stereocenters. The second kappa shape index (κ2) is 5.23. The van der Waals surface area contributed by atoms with Gasteiger partial charge in [0, 0.05) is 24.2 Å². The van der Waals surface area contributed by atoms with E-state index in [-0.39, 0.29) is 0 Å². The van der Waals surface area contributed by atoms with Crippen molar-refractivity contribution in [2.45, 2.75) is 26.7 Å². The highest BCUT2D eigenvalue weighted by Gasteiger charge is 2.08. The van der Waals surface area contributed by atoms with Crippen molar-refractivity contribution < 1.29 is 0 Å². The molecule has 0 aromatic carbocycles. The maximum Gasteiger partial charge on any atom is 0.181 e. The monoisotopic (exact) mass is 248 g/mol. The van der Waals surface area contributed by atoms with Crippen LogP contribution in [0.15, 0.2) is 11.4 Å². The van der Waals surface area contributed by atoms with Crippen molar-refractivity contribution in [3.8, 4) is 11.5 Å². The summed E-state index contributed by atoms with van der Waals surface area (Å²) in [7, 11) is 1.87. The van der Waals surface area contributed by atoms with E-state index in [1.807, 2.05) is 25.4 Å². The summed E-state index contributed by atoms with van der Waals surface area (Å²) < 4.78 is 0. The lowest BCUT2D eigenvalue weighted by Gasteiger charge is -2.05. The first-order chi connectivity index (χ1) is 8.22. The van der Waals surface area contributed by atoms with Crippen molar-refractivity contribution in [2.75, 3.05) is 12.4 Å². The normalized spacial score (nSPS) is 10.5. The molecule has 0 aliphatic heterocycles. The number of rotatable bonds is 4. The molecule has 2 aromatic heterocycles. The van der Waals surface area contributed by atoms with Gasteiger partial charge in [0.25, 0.3) is 0 Å². The van der Waals surface area contributed by atoms with Crippen molar-refractivity contribution >= 4 is 17.2 Å². The lowest BCUT2D eigenvalue weighted by atomic mass is 10.2. The molecule has 2 heterocycles. The van der Waals surface area contributed by atoms with E-state index >= 15 is 0 Å². The Morgan fingerprint density at radius 2 is 2.12 bits per heavy atom. The second-order valence-electron chi connectivity index (χ2n) is 3.82. The van der Waals surface area contributed by atoms with Crippen molar-refractivity contribution in [1.82, 2.24) is 15.0 Å². The van der Waals surface area contributed by atoms with Crippen LogP contribution in [-0.4, -0.2) is 22.0 Å². The van der Waals surface area contributed by atoms with Gasteiger partial charge in [0.1, 0.15) is 11.5 Å². The van der Waals surface area contributed by atoms with Gasteiger partial charge in [-0.05, 0) is 13.3 Å². The largest absolute Gasteiger partial charge is 0.373 e. The second-order valence-corrected chi connectivity index (χ2v) is 4.88. The fourth-order valence-electron chi connectivity index (χ4n) is 1.59. The Kier molecular flexibility index (Phi) is 3.68. The third-order valence-corrected chi connectivity index (χ3v) is 3.16. The van der Waals surface area contributed by atoms with E-state index in [0.29, 0.717) is 5.82 Å². The molecule has 0 saturated heterocycles. The lowest BCUT2D eigenvalue weighted by Crippen LogP contribution is -2.01. The van der Waals surface area contributed by atoms with Gasteiger partial charge in [-0.25, -0.2) is 15.0 Å². The Hall–Kier alpha value is -1.49. The summed E-state index contributed by atoms with van der Waals surface area (Å²) in [6.45, 7) is 4.14. The minimum absolute atomic E-state index is 0.713. The van der Waals surface area contributed by atoms with Gasteiger partial charge in [-0.1, -0.05) is 13.3 Å². The minimum atomic E-state index is 0.713. The Labute approximate surface area is 105 Å². The highest BCUT2D eigenvalue weighted by Crippen LogP contribution is 2.20. The Morgan fingerprint density at radius 1 is 1.29 bits per heavy atom. The van der Waals surface area contributed by atoms with Crippen LogP contribution < -0.4 is 5.32 Å². The molecular formula is C12H16N4S. The third-order valence-electron chi connectivity index (χ3n) is 2.39. The van der Waals surface area contributed by atoms with E-state index in [1.165, 1.54) is 0 Å². The maximum absolute atomic E-state index is 4.55. The molecule has 0 saturated carbocycles. The number of thiazole rings is 1. The number of aryl methyl sites for hydroxylation is 2. The van der Waals surface area contributed by atoms with Gasteiger partial charge in [0.15, 0.2) is 5.82 Å². The van der Waals surface area contributed by atoms with Crippen LogP contribution in [0.25, 0.3) is 11.5 Å². The van der Waals surface area contributed by atoms with Gasteiger partial charge in [-0.3, -0.25) is 0 Å².